The summed E-state index contributed by atoms with van der Waals surface area (Å²) < 4.78 is 1.32. The smallest absolute Gasteiger partial charge is 0.0266 e. The molecule has 0 N–H and O–H groups in total. The van der Waals surface area contributed by atoms with Crippen LogP contribution in [0.2, 0.25) is 0 Å². The Balaban J connectivity index is 2.63. The summed E-state index contributed by atoms with van der Waals surface area (Å²) in [4.78, 5) is 1.35. The van der Waals surface area contributed by atoms with E-state index in [1.807, 2.05) is 11.8 Å². The maximum atomic E-state index is 3.88. The minimum Gasteiger partial charge on any atom is -0.121 e. The van der Waals surface area contributed by atoms with E-state index in [4.69, 9.17) is 0 Å². The second-order valence-corrected chi connectivity index (χ2v) is 4.86. The molecule has 0 atom stereocenters. The molecule has 0 radical (unpaired) electrons. The standard InChI is InChI=1S/C10H11IS/c1-8(2)7-12-10-6-4-3-5-9(10)11/h3-6H,1,7H2,2H3. The SMILES string of the molecule is C=C(C)CSc1ccccc1I. The summed E-state index contributed by atoms with van der Waals surface area (Å²) in [6, 6.07) is 8.41. The monoisotopic (exact) mass is 290 g/mol. The Labute approximate surface area is 91.6 Å². The van der Waals surface area contributed by atoms with Gasteiger partial charge in [0.25, 0.3) is 0 Å². The molecule has 0 nitrogen and oxygen atoms in total. The highest BCUT2D eigenvalue weighted by atomic mass is 127. The van der Waals surface area contributed by atoms with Crippen LogP contribution in [0.15, 0.2) is 41.3 Å². The number of rotatable bonds is 3. The minimum atomic E-state index is 1.01. The van der Waals surface area contributed by atoms with E-state index < -0.39 is 0 Å². The molecular weight excluding hydrogens is 279 g/mol. The molecule has 64 valence electrons. The Morgan fingerprint density at radius 3 is 2.75 bits per heavy atom. The van der Waals surface area contributed by atoms with E-state index in [0.29, 0.717) is 0 Å². The molecule has 0 amide bonds. The number of halogens is 1. The van der Waals surface area contributed by atoms with E-state index in [-0.39, 0.29) is 0 Å². The average molecular weight is 290 g/mol. The largest absolute Gasteiger partial charge is 0.121 e. The molecule has 1 rings (SSSR count). The maximum Gasteiger partial charge on any atom is 0.0266 e. The van der Waals surface area contributed by atoms with Crippen molar-refractivity contribution in [3.05, 3.63) is 40.0 Å². The van der Waals surface area contributed by atoms with Crippen LogP contribution in [-0.2, 0) is 0 Å². The summed E-state index contributed by atoms with van der Waals surface area (Å²) in [5.74, 6) is 1.01. The first-order valence-electron chi connectivity index (χ1n) is 3.72. The van der Waals surface area contributed by atoms with Gasteiger partial charge in [0.15, 0.2) is 0 Å². The van der Waals surface area contributed by atoms with Crippen LogP contribution in [0.25, 0.3) is 0 Å². The molecule has 0 aliphatic carbocycles. The molecular formula is C10H11IS. The highest BCUT2D eigenvalue weighted by Crippen LogP contribution is 2.24. The van der Waals surface area contributed by atoms with E-state index in [1.165, 1.54) is 14.0 Å². The third-order valence-electron chi connectivity index (χ3n) is 1.31. The Morgan fingerprint density at radius 1 is 1.50 bits per heavy atom. The molecule has 12 heavy (non-hydrogen) atoms. The third kappa shape index (κ3) is 3.19. The first kappa shape index (κ1) is 10.1. The highest BCUT2D eigenvalue weighted by Gasteiger charge is 1.97. The molecule has 0 heterocycles. The van der Waals surface area contributed by atoms with E-state index in [2.05, 4.69) is 60.4 Å². The molecule has 0 bridgehead atoms. The van der Waals surface area contributed by atoms with Gasteiger partial charge in [-0.15, -0.1) is 11.8 Å². The molecule has 0 aliphatic heterocycles. The van der Waals surface area contributed by atoms with Crippen LogP contribution < -0.4 is 0 Å². The first-order valence-corrected chi connectivity index (χ1v) is 5.78. The normalized spacial score (nSPS) is 9.83. The molecule has 0 fully saturated rings. The molecule has 1 aromatic rings. The van der Waals surface area contributed by atoms with Crippen molar-refractivity contribution in [3.8, 4) is 0 Å². The second kappa shape index (κ2) is 4.92. The van der Waals surface area contributed by atoms with Crippen LogP contribution in [0.3, 0.4) is 0 Å². The predicted octanol–water partition coefficient (Wildman–Crippen LogP) is 3.96. The van der Waals surface area contributed by atoms with Crippen LogP contribution in [0.5, 0.6) is 0 Å². The molecule has 1 aromatic carbocycles. The third-order valence-corrected chi connectivity index (χ3v) is 3.92. The maximum absolute atomic E-state index is 3.88. The van der Waals surface area contributed by atoms with Gasteiger partial charge in [-0.05, 0) is 41.6 Å². The molecule has 0 aliphatic rings. The number of benzene rings is 1. The Bertz CT molecular complexity index is 281. The fourth-order valence-corrected chi connectivity index (χ4v) is 2.40. The lowest BCUT2D eigenvalue weighted by Gasteiger charge is -2.02. The quantitative estimate of drug-likeness (QED) is 0.461. The van der Waals surface area contributed by atoms with Crippen molar-refractivity contribution >= 4 is 34.4 Å². The van der Waals surface area contributed by atoms with Gasteiger partial charge >= 0.3 is 0 Å². The molecule has 0 aromatic heterocycles. The van der Waals surface area contributed by atoms with Crippen LogP contribution >= 0.6 is 34.4 Å². The van der Waals surface area contributed by atoms with Crippen LogP contribution in [0.1, 0.15) is 6.92 Å². The summed E-state index contributed by atoms with van der Waals surface area (Å²) in [6.45, 7) is 5.93. The molecule has 2 heteroatoms. The summed E-state index contributed by atoms with van der Waals surface area (Å²) in [7, 11) is 0. The van der Waals surface area contributed by atoms with Crippen LogP contribution in [-0.4, -0.2) is 5.75 Å². The first-order chi connectivity index (χ1) is 5.70. The fraction of sp³-hybridized carbons (Fsp3) is 0.200. The van der Waals surface area contributed by atoms with Crippen LogP contribution in [0, 0.1) is 3.57 Å². The Morgan fingerprint density at radius 2 is 2.17 bits per heavy atom. The lowest BCUT2D eigenvalue weighted by atomic mass is 10.4. The summed E-state index contributed by atoms with van der Waals surface area (Å²) in [5.41, 5.74) is 1.22. The fourth-order valence-electron chi connectivity index (χ4n) is 0.763. The summed E-state index contributed by atoms with van der Waals surface area (Å²) in [5, 5.41) is 0. The lowest BCUT2D eigenvalue weighted by Crippen LogP contribution is -1.81. The predicted molar refractivity (Wildman–Crippen MR) is 64.7 cm³/mol. The zero-order chi connectivity index (χ0) is 8.97. The topological polar surface area (TPSA) is 0 Å². The summed E-state index contributed by atoms with van der Waals surface area (Å²) in [6.07, 6.45) is 0. The molecule has 0 unspecified atom stereocenters. The van der Waals surface area contributed by atoms with Crippen molar-refractivity contribution in [2.75, 3.05) is 5.75 Å². The van der Waals surface area contributed by atoms with Crippen molar-refractivity contribution in [2.24, 2.45) is 0 Å². The van der Waals surface area contributed by atoms with Gasteiger partial charge in [-0.1, -0.05) is 24.3 Å². The van der Waals surface area contributed by atoms with Gasteiger partial charge in [-0.25, -0.2) is 0 Å². The Hall–Kier alpha value is 0.0400. The average Bonchev–Trinajstić information content (AvgIpc) is 2.03. The van der Waals surface area contributed by atoms with E-state index >= 15 is 0 Å². The summed E-state index contributed by atoms with van der Waals surface area (Å²) >= 11 is 4.20. The van der Waals surface area contributed by atoms with E-state index in [1.54, 1.807) is 0 Å². The van der Waals surface area contributed by atoms with Gasteiger partial charge < -0.3 is 0 Å². The van der Waals surface area contributed by atoms with Gasteiger partial charge in [0.1, 0.15) is 0 Å². The number of hydrogen-bond donors (Lipinski definition) is 0. The van der Waals surface area contributed by atoms with E-state index in [9.17, 15) is 0 Å². The van der Waals surface area contributed by atoms with Gasteiger partial charge in [-0.3, -0.25) is 0 Å². The van der Waals surface area contributed by atoms with Crippen molar-refractivity contribution in [3.63, 3.8) is 0 Å². The minimum absolute atomic E-state index is 1.01. The van der Waals surface area contributed by atoms with Crippen molar-refractivity contribution in [2.45, 2.75) is 11.8 Å². The number of thioether (sulfide) groups is 1. The van der Waals surface area contributed by atoms with Gasteiger partial charge in [-0.2, -0.15) is 0 Å². The van der Waals surface area contributed by atoms with Crippen molar-refractivity contribution in [1.29, 1.82) is 0 Å². The lowest BCUT2D eigenvalue weighted by molar-refractivity contribution is 1.37. The van der Waals surface area contributed by atoms with Gasteiger partial charge in [0.05, 0.1) is 0 Å². The second-order valence-electron chi connectivity index (χ2n) is 2.68. The van der Waals surface area contributed by atoms with Gasteiger partial charge in [0, 0.05) is 14.2 Å². The Kier molecular flexibility index (Phi) is 4.15. The van der Waals surface area contributed by atoms with Crippen molar-refractivity contribution in [1.82, 2.24) is 0 Å². The highest BCUT2D eigenvalue weighted by molar-refractivity contribution is 14.1. The molecule has 0 saturated carbocycles. The van der Waals surface area contributed by atoms with Gasteiger partial charge in [0.2, 0.25) is 0 Å². The van der Waals surface area contributed by atoms with Crippen molar-refractivity contribution < 1.29 is 0 Å². The number of hydrogen-bond acceptors (Lipinski definition) is 1. The van der Waals surface area contributed by atoms with Crippen LogP contribution in [0.4, 0.5) is 0 Å². The molecule has 0 saturated heterocycles. The van der Waals surface area contributed by atoms with E-state index in [0.717, 1.165) is 5.75 Å². The zero-order valence-electron chi connectivity index (χ0n) is 7.01. The molecule has 0 spiro atoms. The zero-order valence-corrected chi connectivity index (χ0v) is 9.98.